The number of benzene rings is 1. The van der Waals surface area contributed by atoms with Gasteiger partial charge in [0.05, 0.1) is 5.56 Å². The molecule has 0 radical (unpaired) electrons. The number of aromatic nitrogens is 2. The summed E-state index contributed by atoms with van der Waals surface area (Å²) in [6.45, 7) is 5.11. The molecular formula is C19H19N5O2S. The number of amides is 1. The predicted octanol–water partition coefficient (Wildman–Crippen LogP) is 2.13. The lowest BCUT2D eigenvalue weighted by molar-refractivity contribution is -0.0274. The minimum Gasteiger partial charge on any atom is -0.339 e. The molecule has 0 atom stereocenters. The highest BCUT2D eigenvalue weighted by atomic mass is 32.1. The van der Waals surface area contributed by atoms with Crippen LogP contribution in [0.25, 0.3) is 10.1 Å². The summed E-state index contributed by atoms with van der Waals surface area (Å²) in [6, 6.07) is 10.8. The van der Waals surface area contributed by atoms with Gasteiger partial charge in [-0.05, 0) is 17.5 Å². The van der Waals surface area contributed by atoms with Gasteiger partial charge in [0.2, 0.25) is 5.95 Å². The number of anilines is 1. The van der Waals surface area contributed by atoms with E-state index >= 15 is 0 Å². The van der Waals surface area contributed by atoms with Gasteiger partial charge in [0.15, 0.2) is 0 Å². The Morgan fingerprint density at radius 1 is 1.19 bits per heavy atom. The summed E-state index contributed by atoms with van der Waals surface area (Å²) in [5.74, 6) is 0.0376. The second-order valence-corrected chi connectivity index (χ2v) is 8.63. The molecule has 2 fully saturated rings. The van der Waals surface area contributed by atoms with Crippen molar-refractivity contribution in [1.82, 2.24) is 20.3 Å². The van der Waals surface area contributed by atoms with E-state index in [2.05, 4.69) is 50.1 Å². The van der Waals surface area contributed by atoms with Crippen LogP contribution >= 0.6 is 11.3 Å². The molecule has 5 rings (SSSR count). The van der Waals surface area contributed by atoms with Crippen molar-refractivity contribution in [3.05, 3.63) is 53.2 Å². The fourth-order valence-corrected chi connectivity index (χ4v) is 5.23. The zero-order valence-corrected chi connectivity index (χ0v) is 15.4. The van der Waals surface area contributed by atoms with E-state index in [1.807, 2.05) is 11.3 Å². The Labute approximate surface area is 160 Å². The van der Waals surface area contributed by atoms with E-state index in [0.29, 0.717) is 11.4 Å². The molecule has 2 aliphatic rings. The molecule has 0 bridgehead atoms. The highest BCUT2D eigenvalue weighted by Crippen LogP contribution is 2.42. The molecule has 2 aliphatic heterocycles. The van der Waals surface area contributed by atoms with Crippen LogP contribution in [-0.4, -0.2) is 52.2 Å². The molecule has 0 saturated carbocycles. The number of rotatable bonds is 4. The molecule has 1 amide bonds. The van der Waals surface area contributed by atoms with Crippen LogP contribution in [0.3, 0.4) is 0 Å². The van der Waals surface area contributed by atoms with Crippen LogP contribution in [0.5, 0.6) is 0 Å². The van der Waals surface area contributed by atoms with Gasteiger partial charge in [-0.15, -0.1) is 11.3 Å². The van der Waals surface area contributed by atoms with Crippen molar-refractivity contribution in [1.29, 1.82) is 0 Å². The van der Waals surface area contributed by atoms with Gasteiger partial charge in [-0.25, -0.2) is 15.4 Å². The van der Waals surface area contributed by atoms with E-state index in [-0.39, 0.29) is 5.56 Å². The summed E-state index contributed by atoms with van der Waals surface area (Å²) in [7, 11) is 0. The van der Waals surface area contributed by atoms with E-state index in [1.54, 1.807) is 5.48 Å². The number of carbonyl (C=O) groups is 1. The van der Waals surface area contributed by atoms with Crippen molar-refractivity contribution < 1.29 is 10.0 Å². The fraction of sp³-hybridized carbons (Fsp3) is 0.316. The van der Waals surface area contributed by atoms with Gasteiger partial charge in [-0.2, -0.15) is 0 Å². The maximum absolute atomic E-state index is 11.3. The number of hydroxylamine groups is 1. The maximum Gasteiger partial charge on any atom is 0.277 e. The summed E-state index contributed by atoms with van der Waals surface area (Å²) in [5, 5.41) is 9.97. The first-order valence-electron chi connectivity index (χ1n) is 8.85. The molecule has 2 N–H and O–H groups in total. The summed E-state index contributed by atoms with van der Waals surface area (Å²) >= 11 is 1.88. The Kier molecular flexibility index (Phi) is 3.85. The van der Waals surface area contributed by atoms with Gasteiger partial charge in [0, 0.05) is 60.1 Å². The number of hydrogen-bond donors (Lipinski definition) is 2. The smallest absolute Gasteiger partial charge is 0.277 e. The molecule has 27 heavy (non-hydrogen) atoms. The second kappa shape index (κ2) is 6.26. The van der Waals surface area contributed by atoms with E-state index in [9.17, 15) is 4.79 Å². The highest BCUT2D eigenvalue weighted by molar-refractivity contribution is 7.19. The normalized spacial score (nSPS) is 18.3. The first-order chi connectivity index (χ1) is 13.1. The van der Waals surface area contributed by atoms with Gasteiger partial charge in [-0.3, -0.25) is 14.9 Å². The van der Waals surface area contributed by atoms with Crippen molar-refractivity contribution >= 4 is 33.3 Å². The zero-order valence-electron chi connectivity index (χ0n) is 14.6. The SMILES string of the molecule is O=C(NO)c1cnc(N2CC3(CN(Cc4cc5ccccc5s4)C3)C2)nc1. The molecule has 2 saturated heterocycles. The molecule has 3 aromatic rings. The van der Waals surface area contributed by atoms with E-state index in [1.165, 1.54) is 27.4 Å². The van der Waals surface area contributed by atoms with Crippen LogP contribution in [0.1, 0.15) is 15.2 Å². The van der Waals surface area contributed by atoms with Crippen molar-refractivity contribution in [2.75, 3.05) is 31.1 Å². The van der Waals surface area contributed by atoms with Crippen LogP contribution in [0.4, 0.5) is 5.95 Å². The van der Waals surface area contributed by atoms with Crippen molar-refractivity contribution in [2.45, 2.75) is 6.54 Å². The van der Waals surface area contributed by atoms with E-state index in [4.69, 9.17) is 5.21 Å². The molecule has 2 aromatic heterocycles. The largest absolute Gasteiger partial charge is 0.339 e. The number of likely N-dealkylation sites (tertiary alicyclic amines) is 1. The molecule has 0 aliphatic carbocycles. The monoisotopic (exact) mass is 381 g/mol. The summed E-state index contributed by atoms with van der Waals surface area (Å²) < 4.78 is 1.35. The minimum absolute atomic E-state index is 0.245. The number of thiophene rings is 1. The lowest BCUT2D eigenvalue weighted by atomic mass is 9.73. The van der Waals surface area contributed by atoms with Gasteiger partial charge in [0.1, 0.15) is 0 Å². The Bertz CT molecular complexity index is 956. The average molecular weight is 381 g/mol. The second-order valence-electron chi connectivity index (χ2n) is 7.46. The van der Waals surface area contributed by atoms with Gasteiger partial charge in [-0.1, -0.05) is 18.2 Å². The van der Waals surface area contributed by atoms with Crippen LogP contribution < -0.4 is 10.4 Å². The Hall–Kier alpha value is -2.55. The van der Waals surface area contributed by atoms with Gasteiger partial charge in [0.25, 0.3) is 5.91 Å². The third kappa shape index (κ3) is 2.95. The standard InChI is InChI=1S/C19H19N5O2S/c25-17(22-26)14-6-20-18(21-7-14)24-11-19(12-24)9-23(10-19)8-15-5-13-3-1-2-4-16(13)27-15/h1-7,26H,8-12H2,(H,22,25). The molecule has 1 aromatic carbocycles. The van der Waals surface area contributed by atoms with Crippen molar-refractivity contribution in [2.24, 2.45) is 5.41 Å². The maximum atomic E-state index is 11.3. The number of nitrogens with one attached hydrogen (secondary N) is 1. The quantitative estimate of drug-likeness (QED) is 0.532. The fourth-order valence-electron chi connectivity index (χ4n) is 4.12. The topological polar surface area (TPSA) is 81.6 Å². The lowest BCUT2D eigenvalue weighted by Crippen LogP contribution is -2.72. The summed E-state index contributed by atoms with van der Waals surface area (Å²) in [5.41, 5.74) is 2.18. The molecule has 8 heteroatoms. The van der Waals surface area contributed by atoms with Gasteiger partial charge >= 0.3 is 0 Å². The minimum atomic E-state index is -0.600. The average Bonchev–Trinajstić information content (AvgIpc) is 3.04. The van der Waals surface area contributed by atoms with Crippen LogP contribution in [0.2, 0.25) is 0 Å². The number of nitrogens with zero attached hydrogens (tertiary/aromatic N) is 4. The van der Waals surface area contributed by atoms with Crippen LogP contribution in [0, 0.1) is 5.41 Å². The Balaban J connectivity index is 1.16. The summed E-state index contributed by atoms with van der Waals surface area (Å²) in [4.78, 5) is 25.8. The molecule has 1 spiro atoms. The van der Waals surface area contributed by atoms with Crippen LogP contribution in [0.15, 0.2) is 42.7 Å². The number of hydrogen-bond acceptors (Lipinski definition) is 7. The molecule has 4 heterocycles. The molecule has 7 nitrogen and oxygen atoms in total. The van der Waals surface area contributed by atoms with Crippen LogP contribution in [-0.2, 0) is 6.54 Å². The first-order valence-corrected chi connectivity index (χ1v) is 9.67. The van der Waals surface area contributed by atoms with E-state index in [0.717, 1.165) is 32.7 Å². The van der Waals surface area contributed by atoms with Gasteiger partial charge < -0.3 is 4.90 Å². The third-order valence-electron chi connectivity index (χ3n) is 5.31. The zero-order chi connectivity index (χ0) is 18.4. The van der Waals surface area contributed by atoms with Crippen molar-refractivity contribution in [3.8, 4) is 0 Å². The highest BCUT2D eigenvalue weighted by Gasteiger charge is 2.52. The van der Waals surface area contributed by atoms with Crippen molar-refractivity contribution in [3.63, 3.8) is 0 Å². The predicted molar refractivity (Wildman–Crippen MR) is 103 cm³/mol. The third-order valence-corrected chi connectivity index (χ3v) is 6.41. The number of carbonyl (C=O) groups excluding carboxylic acids is 1. The first kappa shape index (κ1) is 16.6. The Morgan fingerprint density at radius 2 is 1.93 bits per heavy atom. The van der Waals surface area contributed by atoms with E-state index < -0.39 is 5.91 Å². The lowest BCUT2D eigenvalue weighted by Gasteiger charge is -2.60. The summed E-state index contributed by atoms with van der Waals surface area (Å²) in [6.07, 6.45) is 2.88. The number of fused-ring (bicyclic) bond motifs is 1. The Morgan fingerprint density at radius 3 is 2.63 bits per heavy atom. The molecule has 0 unspecified atom stereocenters. The molecular weight excluding hydrogens is 362 g/mol. The molecule has 138 valence electrons.